The lowest BCUT2D eigenvalue weighted by Crippen LogP contribution is -2.31. The topological polar surface area (TPSA) is 73.2 Å². The van der Waals surface area contributed by atoms with Crippen LogP contribution in [-0.4, -0.2) is 29.7 Å². The van der Waals surface area contributed by atoms with Gasteiger partial charge in [-0.15, -0.1) is 0 Å². The van der Waals surface area contributed by atoms with Gasteiger partial charge in [0.25, 0.3) is 5.91 Å². The number of carbonyl (C=O) groups is 2. The Bertz CT molecular complexity index is 1270. The van der Waals surface area contributed by atoms with E-state index < -0.39 is 0 Å². The minimum atomic E-state index is -0.0715. The molecule has 166 valence electrons. The van der Waals surface area contributed by atoms with Crippen LogP contribution in [0.1, 0.15) is 63.9 Å². The molecular weight excluding hydrogens is 410 g/mol. The molecule has 2 aliphatic rings. The lowest BCUT2D eigenvalue weighted by Gasteiger charge is -2.26. The minimum Gasteiger partial charge on any atom is -0.377 e. The predicted molar refractivity (Wildman–Crippen MR) is 129 cm³/mol. The third kappa shape index (κ3) is 4.09. The van der Waals surface area contributed by atoms with E-state index >= 15 is 0 Å². The molecule has 3 aromatic rings. The van der Waals surface area contributed by atoms with Crippen LogP contribution in [0.2, 0.25) is 0 Å². The van der Waals surface area contributed by atoms with Crippen molar-refractivity contribution in [1.82, 2.24) is 4.90 Å². The van der Waals surface area contributed by atoms with E-state index in [1.165, 1.54) is 32.1 Å². The molecule has 0 radical (unpaired) electrons. The Balaban J connectivity index is 1.33. The van der Waals surface area contributed by atoms with E-state index in [9.17, 15) is 14.9 Å². The number of carbonyl (C=O) groups excluding carboxylic acids is 2. The average Bonchev–Trinajstić information content (AvgIpc) is 3.18. The Morgan fingerprint density at radius 2 is 1.79 bits per heavy atom. The molecule has 0 unspecified atom stereocenters. The maximum atomic E-state index is 13.2. The summed E-state index contributed by atoms with van der Waals surface area (Å²) in [6.07, 6.45) is 6.25. The van der Waals surface area contributed by atoms with Crippen LogP contribution in [-0.2, 0) is 6.54 Å². The van der Waals surface area contributed by atoms with Crippen molar-refractivity contribution >= 4 is 28.2 Å². The first-order chi connectivity index (χ1) is 16.2. The third-order valence-electron chi connectivity index (χ3n) is 7.00. The van der Waals surface area contributed by atoms with Crippen molar-refractivity contribution in [3.8, 4) is 6.07 Å². The van der Waals surface area contributed by atoms with Gasteiger partial charge >= 0.3 is 0 Å². The molecule has 0 spiro atoms. The number of nitrogens with zero attached hydrogens (tertiary/aromatic N) is 2. The lowest BCUT2D eigenvalue weighted by molar-refractivity contribution is 0.0738. The van der Waals surface area contributed by atoms with Crippen LogP contribution in [0.15, 0.2) is 54.6 Å². The quantitative estimate of drug-likeness (QED) is 0.514. The fourth-order valence-corrected chi connectivity index (χ4v) is 5.31. The van der Waals surface area contributed by atoms with Crippen LogP contribution < -0.4 is 5.32 Å². The van der Waals surface area contributed by atoms with Crippen LogP contribution in [0.3, 0.4) is 0 Å². The molecular formula is C28H27N3O2. The lowest BCUT2D eigenvalue weighted by atomic mass is 9.89. The van der Waals surface area contributed by atoms with E-state index in [4.69, 9.17) is 0 Å². The SMILES string of the molecule is N#Cc1ccc(C(=O)CNc2cccc3c2C(=O)N(CC2CCCCC2)C3)c2ccccc12. The number of rotatable bonds is 6. The number of hydrogen-bond donors (Lipinski definition) is 1. The van der Waals surface area contributed by atoms with Crippen molar-refractivity contribution in [2.24, 2.45) is 5.92 Å². The molecule has 0 bridgehead atoms. The van der Waals surface area contributed by atoms with Crippen molar-refractivity contribution in [3.63, 3.8) is 0 Å². The molecule has 5 heteroatoms. The molecule has 3 aromatic carbocycles. The molecule has 1 heterocycles. The van der Waals surface area contributed by atoms with Crippen molar-refractivity contribution < 1.29 is 9.59 Å². The molecule has 0 atom stereocenters. The first-order valence-corrected chi connectivity index (χ1v) is 11.8. The van der Waals surface area contributed by atoms with Crippen LogP contribution in [0, 0.1) is 17.2 Å². The van der Waals surface area contributed by atoms with Crippen LogP contribution in [0.25, 0.3) is 10.8 Å². The molecule has 1 aliphatic carbocycles. The highest BCUT2D eigenvalue weighted by molar-refractivity contribution is 6.11. The molecule has 1 N–H and O–H groups in total. The summed E-state index contributed by atoms with van der Waals surface area (Å²) in [7, 11) is 0. The second-order valence-electron chi connectivity index (χ2n) is 9.12. The van der Waals surface area contributed by atoms with Crippen molar-refractivity contribution in [2.45, 2.75) is 38.6 Å². The Morgan fingerprint density at radius 3 is 2.58 bits per heavy atom. The number of benzene rings is 3. The molecule has 1 aliphatic heterocycles. The van der Waals surface area contributed by atoms with E-state index in [1.807, 2.05) is 47.4 Å². The number of nitriles is 1. The molecule has 1 amide bonds. The Morgan fingerprint density at radius 1 is 1.00 bits per heavy atom. The number of amides is 1. The van der Waals surface area contributed by atoms with Crippen LogP contribution in [0.4, 0.5) is 5.69 Å². The molecule has 5 nitrogen and oxygen atoms in total. The zero-order valence-corrected chi connectivity index (χ0v) is 18.6. The van der Waals surface area contributed by atoms with Crippen LogP contribution in [0.5, 0.6) is 0 Å². The van der Waals surface area contributed by atoms with Gasteiger partial charge < -0.3 is 10.2 Å². The second kappa shape index (κ2) is 9.07. The summed E-state index contributed by atoms with van der Waals surface area (Å²) in [6.45, 7) is 1.56. The van der Waals surface area contributed by atoms with Gasteiger partial charge in [-0.25, -0.2) is 0 Å². The normalized spacial score (nSPS) is 16.0. The molecule has 1 fully saturated rings. The number of hydrogen-bond acceptors (Lipinski definition) is 4. The standard InChI is InChI=1S/C28H27N3O2/c29-15-20-13-14-24(23-11-5-4-10-22(20)23)26(32)16-30-25-12-6-9-21-18-31(28(33)27(21)25)17-19-7-2-1-3-8-19/h4-6,9-14,19,30H,1-3,7-8,16-18H2. The van der Waals surface area contributed by atoms with Crippen molar-refractivity contribution in [3.05, 3.63) is 76.9 Å². The van der Waals surface area contributed by atoms with E-state index in [2.05, 4.69) is 11.4 Å². The highest BCUT2D eigenvalue weighted by atomic mass is 16.2. The van der Waals surface area contributed by atoms with Gasteiger partial charge in [0.15, 0.2) is 5.78 Å². The summed E-state index contributed by atoms with van der Waals surface area (Å²) in [4.78, 5) is 28.3. The van der Waals surface area contributed by atoms with Crippen molar-refractivity contribution in [2.75, 3.05) is 18.4 Å². The number of ketones is 1. The largest absolute Gasteiger partial charge is 0.377 e. The van der Waals surface area contributed by atoms with Gasteiger partial charge in [0.2, 0.25) is 0 Å². The van der Waals surface area contributed by atoms with Crippen LogP contribution >= 0.6 is 0 Å². The Kier molecular flexibility index (Phi) is 5.83. The highest BCUT2D eigenvalue weighted by Crippen LogP contribution is 2.32. The maximum Gasteiger partial charge on any atom is 0.256 e. The second-order valence-corrected chi connectivity index (χ2v) is 9.12. The molecule has 0 saturated heterocycles. The van der Waals surface area contributed by atoms with Gasteiger partial charge in [-0.3, -0.25) is 9.59 Å². The van der Waals surface area contributed by atoms with E-state index in [0.29, 0.717) is 29.2 Å². The summed E-state index contributed by atoms with van der Waals surface area (Å²) in [5.41, 5.74) is 3.58. The number of Topliss-reactive ketones (excluding diaryl/α,β-unsaturated/α-hetero) is 1. The molecule has 0 aromatic heterocycles. The highest BCUT2D eigenvalue weighted by Gasteiger charge is 2.31. The molecule has 33 heavy (non-hydrogen) atoms. The minimum absolute atomic E-state index is 0.0648. The smallest absolute Gasteiger partial charge is 0.256 e. The van der Waals surface area contributed by atoms with Gasteiger partial charge in [-0.1, -0.05) is 55.7 Å². The summed E-state index contributed by atoms with van der Waals surface area (Å²) >= 11 is 0. The number of anilines is 1. The van der Waals surface area contributed by atoms with E-state index in [0.717, 1.165) is 28.6 Å². The monoisotopic (exact) mass is 437 g/mol. The zero-order valence-electron chi connectivity index (χ0n) is 18.6. The average molecular weight is 438 g/mol. The Labute approximate surface area is 194 Å². The predicted octanol–water partition coefficient (Wildman–Crippen LogP) is 5.54. The van der Waals surface area contributed by atoms with E-state index in [1.54, 1.807) is 12.1 Å². The first kappa shape index (κ1) is 21.2. The van der Waals surface area contributed by atoms with Gasteiger partial charge in [-0.2, -0.15) is 5.26 Å². The van der Waals surface area contributed by atoms with Gasteiger partial charge in [0.1, 0.15) is 0 Å². The fraction of sp³-hybridized carbons (Fsp3) is 0.321. The van der Waals surface area contributed by atoms with Gasteiger partial charge in [-0.05, 0) is 47.9 Å². The third-order valence-corrected chi connectivity index (χ3v) is 7.00. The fourth-order valence-electron chi connectivity index (χ4n) is 5.31. The first-order valence-electron chi connectivity index (χ1n) is 11.8. The summed E-state index contributed by atoms with van der Waals surface area (Å²) in [5, 5.41) is 14.2. The zero-order chi connectivity index (χ0) is 22.8. The van der Waals surface area contributed by atoms with Crippen molar-refractivity contribution in [1.29, 1.82) is 5.26 Å². The number of fused-ring (bicyclic) bond motifs is 2. The summed E-state index contributed by atoms with van der Waals surface area (Å²) < 4.78 is 0. The maximum absolute atomic E-state index is 13.2. The van der Waals surface area contributed by atoms with E-state index in [-0.39, 0.29) is 18.2 Å². The summed E-state index contributed by atoms with van der Waals surface area (Å²) in [5.74, 6) is 0.590. The molecule has 5 rings (SSSR count). The van der Waals surface area contributed by atoms with Gasteiger partial charge in [0, 0.05) is 29.7 Å². The summed E-state index contributed by atoms with van der Waals surface area (Å²) in [6, 6.07) is 18.9. The van der Waals surface area contributed by atoms with Gasteiger partial charge in [0.05, 0.1) is 23.7 Å². The number of nitrogens with one attached hydrogen (secondary N) is 1. The Hall–Kier alpha value is -3.65. The molecule has 1 saturated carbocycles.